The van der Waals surface area contributed by atoms with Gasteiger partial charge in [-0.15, -0.1) is 0 Å². The third kappa shape index (κ3) is 3.33. The number of hydrogen-bond acceptors (Lipinski definition) is 4. The average molecular weight is 291 g/mol. The van der Waals surface area contributed by atoms with Crippen molar-refractivity contribution in [2.75, 3.05) is 0 Å². The van der Waals surface area contributed by atoms with Crippen molar-refractivity contribution in [3.05, 3.63) is 29.6 Å². The third-order valence-corrected chi connectivity index (χ3v) is 3.32. The molecular formula is C15H21N3O3. The molecule has 2 aromatic rings. The third-order valence-electron chi connectivity index (χ3n) is 3.32. The van der Waals surface area contributed by atoms with Gasteiger partial charge in [0.2, 0.25) is 0 Å². The molecule has 2 atom stereocenters. The smallest absolute Gasteiger partial charge is 0.405 e. The van der Waals surface area contributed by atoms with Crippen LogP contribution in [0.4, 0.5) is 4.79 Å². The molecule has 0 saturated carbocycles. The maximum Gasteiger partial charge on any atom is 0.405 e. The highest BCUT2D eigenvalue weighted by Gasteiger charge is 2.25. The van der Waals surface area contributed by atoms with Gasteiger partial charge in [-0.1, -0.05) is 26.8 Å². The molecule has 21 heavy (non-hydrogen) atoms. The van der Waals surface area contributed by atoms with Gasteiger partial charge in [-0.25, -0.2) is 9.78 Å². The van der Waals surface area contributed by atoms with E-state index in [9.17, 15) is 9.90 Å². The van der Waals surface area contributed by atoms with Gasteiger partial charge < -0.3 is 20.6 Å². The predicted molar refractivity (Wildman–Crippen MR) is 79.9 cm³/mol. The molecule has 0 fully saturated rings. The lowest BCUT2D eigenvalue weighted by Crippen LogP contribution is -2.25. The Bertz CT molecular complexity index is 656. The minimum Gasteiger partial charge on any atom is -0.435 e. The van der Waals surface area contributed by atoms with E-state index >= 15 is 0 Å². The molecule has 0 aliphatic heterocycles. The predicted octanol–water partition coefficient (Wildman–Crippen LogP) is 2.38. The van der Waals surface area contributed by atoms with E-state index < -0.39 is 18.3 Å². The molecule has 2 rings (SSSR count). The standard InChI is InChI=1S/C15H21N3O3/c1-8(19)12(21-14(16)20)13-17-10-6-5-9(15(2,3)4)7-11(10)18-13/h5-8,12,19H,1-4H3,(H2,16,20)(H,17,18)/t8-,12+/m1/s1. The number of aliphatic hydroxyl groups is 1. The Balaban J connectivity index is 2.44. The summed E-state index contributed by atoms with van der Waals surface area (Å²) in [5, 5.41) is 9.73. The van der Waals surface area contributed by atoms with Crippen molar-refractivity contribution in [3.8, 4) is 0 Å². The summed E-state index contributed by atoms with van der Waals surface area (Å²) in [6, 6.07) is 5.92. The van der Waals surface area contributed by atoms with Crippen molar-refractivity contribution in [2.24, 2.45) is 5.73 Å². The number of aromatic nitrogens is 2. The van der Waals surface area contributed by atoms with E-state index in [0.29, 0.717) is 5.82 Å². The van der Waals surface area contributed by atoms with Crippen LogP contribution in [-0.2, 0) is 10.2 Å². The van der Waals surface area contributed by atoms with Gasteiger partial charge >= 0.3 is 6.09 Å². The number of benzene rings is 1. The van der Waals surface area contributed by atoms with Crippen LogP contribution in [0, 0.1) is 0 Å². The van der Waals surface area contributed by atoms with Crippen LogP contribution in [0.5, 0.6) is 0 Å². The Hall–Kier alpha value is -2.08. The summed E-state index contributed by atoms with van der Waals surface area (Å²) in [5.41, 5.74) is 7.79. The van der Waals surface area contributed by atoms with Gasteiger partial charge in [0.15, 0.2) is 11.9 Å². The number of nitrogens with two attached hydrogens (primary N) is 1. The van der Waals surface area contributed by atoms with E-state index in [1.807, 2.05) is 18.2 Å². The molecule has 1 amide bonds. The number of imidazole rings is 1. The second-order valence-electron chi connectivity index (χ2n) is 6.20. The monoisotopic (exact) mass is 291 g/mol. The number of aliphatic hydroxyl groups excluding tert-OH is 1. The van der Waals surface area contributed by atoms with E-state index in [0.717, 1.165) is 16.6 Å². The summed E-state index contributed by atoms with van der Waals surface area (Å²) in [6.45, 7) is 7.89. The first-order chi connectivity index (χ1) is 9.68. The van der Waals surface area contributed by atoms with E-state index in [-0.39, 0.29) is 5.41 Å². The van der Waals surface area contributed by atoms with Crippen LogP contribution in [-0.4, -0.2) is 27.3 Å². The number of fused-ring (bicyclic) bond motifs is 1. The summed E-state index contributed by atoms with van der Waals surface area (Å²) in [4.78, 5) is 18.4. The van der Waals surface area contributed by atoms with Crippen molar-refractivity contribution >= 4 is 17.1 Å². The number of primary amides is 1. The molecule has 0 spiro atoms. The number of carbonyl (C=O) groups excluding carboxylic acids is 1. The zero-order valence-corrected chi connectivity index (χ0v) is 12.7. The van der Waals surface area contributed by atoms with Crippen LogP contribution in [0.1, 0.15) is 45.2 Å². The van der Waals surface area contributed by atoms with Gasteiger partial charge in [-0.3, -0.25) is 0 Å². The van der Waals surface area contributed by atoms with Gasteiger partial charge in [0.1, 0.15) is 0 Å². The number of H-pyrrole nitrogens is 1. The van der Waals surface area contributed by atoms with Crippen LogP contribution in [0.15, 0.2) is 18.2 Å². The van der Waals surface area contributed by atoms with Crippen LogP contribution in [0.25, 0.3) is 11.0 Å². The van der Waals surface area contributed by atoms with Crippen molar-refractivity contribution in [1.82, 2.24) is 9.97 Å². The fourth-order valence-corrected chi connectivity index (χ4v) is 2.14. The van der Waals surface area contributed by atoms with Crippen molar-refractivity contribution in [1.29, 1.82) is 0 Å². The van der Waals surface area contributed by atoms with E-state index in [1.54, 1.807) is 0 Å². The molecule has 0 saturated heterocycles. The van der Waals surface area contributed by atoms with Gasteiger partial charge in [-0.05, 0) is 30.0 Å². The van der Waals surface area contributed by atoms with E-state index in [2.05, 4.69) is 30.7 Å². The molecule has 0 aliphatic rings. The normalized spacial score (nSPS) is 14.9. The summed E-state index contributed by atoms with van der Waals surface area (Å²) < 4.78 is 4.92. The Labute approximate surface area is 123 Å². The number of ether oxygens (including phenoxy) is 1. The molecule has 0 aliphatic carbocycles. The topological polar surface area (TPSA) is 101 Å². The van der Waals surface area contributed by atoms with Crippen LogP contribution < -0.4 is 5.73 Å². The number of nitrogens with zero attached hydrogens (tertiary/aromatic N) is 1. The Morgan fingerprint density at radius 1 is 1.43 bits per heavy atom. The Morgan fingerprint density at radius 3 is 2.62 bits per heavy atom. The highest BCUT2D eigenvalue weighted by Crippen LogP contribution is 2.27. The molecule has 1 aromatic carbocycles. The number of hydrogen-bond donors (Lipinski definition) is 3. The van der Waals surface area contributed by atoms with Gasteiger partial charge in [0.05, 0.1) is 17.1 Å². The zero-order chi connectivity index (χ0) is 15.8. The lowest BCUT2D eigenvalue weighted by molar-refractivity contribution is 0.0105. The number of aromatic amines is 1. The minimum atomic E-state index is -0.947. The van der Waals surface area contributed by atoms with Crippen molar-refractivity contribution in [3.63, 3.8) is 0 Å². The van der Waals surface area contributed by atoms with E-state index in [1.165, 1.54) is 6.92 Å². The average Bonchev–Trinajstić information content (AvgIpc) is 2.76. The molecule has 0 bridgehead atoms. The lowest BCUT2D eigenvalue weighted by atomic mass is 9.87. The molecule has 114 valence electrons. The van der Waals surface area contributed by atoms with Crippen LogP contribution in [0.2, 0.25) is 0 Å². The molecule has 0 radical (unpaired) electrons. The Morgan fingerprint density at radius 2 is 2.10 bits per heavy atom. The summed E-state index contributed by atoms with van der Waals surface area (Å²) in [5.74, 6) is 0.379. The van der Waals surface area contributed by atoms with Gasteiger partial charge in [0, 0.05) is 0 Å². The van der Waals surface area contributed by atoms with Crippen molar-refractivity contribution in [2.45, 2.75) is 45.3 Å². The lowest BCUT2D eigenvalue weighted by Gasteiger charge is -2.18. The van der Waals surface area contributed by atoms with E-state index in [4.69, 9.17) is 10.5 Å². The number of nitrogens with one attached hydrogen (secondary N) is 1. The largest absolute Gasteiger partial charge is 0.435 e. The SMILES string of the molecule is C[C@@H](O)[C@H](OC(N)=O)c1nc2ccc(C(C)(C)C)cc2[nH]1. The fourth-order valence-electron chi connectivity index (χ4n) is 2.14. The first-order valence-corrected chi connectivity index (χ1v) is 6.83. The van der Waals surface area contributed by atoms with Crippen LogP contribution >= 0.6 is 0 Å². The molecule has 0 unspecified atom stereocenters. The van der Waals surface area contributed by atoms with Gasteiger partial charge in [-0.2, -0.15) is 0 Å². The number of carbonyl (C=O) groups is 1. The first kappa shape index (κ1) is 15.3. The quantitative estimate of drug-likeness (QED) is 0.808. The zero-order valence-electron chi connectivity index (χ0n) is 12.7. The molecule has 1 aromatic heterocycles. The molecule has 4 N–H and O–H groups in total. The second-order valence-corrected chi connectivity index (χ2v) is 6.20. The molecule has 6 heteroatoms. The highest BCUT2D eigenvalue weighted by atomic mass is 16.6. The van der Waals surface area contributed by atoms with Gasteiger partial charge in [0.25, 0.3) is 0 Å². The summed E-state index contributed by atoms with van der Waals surface area (Å²) in [6.07, 6.45) is -2.77. The highest BCUT2D eigenvalue weighted by molar-refractivity contribution is 5.76. The molecule has 1 heterocycles. The maximum atomic E-state index is 10.9. The Kier molecular flexibility index (Phi) is 3.91. The van der Waals surface area contributed by atoms with Crippen molar-refractivity contribution < 1.29 is 14.6 Å². The number of rotatable bonds is 3. The molecular weight excluding hydrogens is 270 g/mol. The summed E-state index contributed by atoms with van der Waals surface area (Å²) in [7, 11) is 0. The fraction of sp³-hybridized carbons (Fsp3) is 0.467. The minimum absolute atomic E-state index is 0.0207. The first-order valence-electron chi connectivity index (χ1n) is 6.83. The molecule has 6 nitrogen and oxygen atoms in total. The second kappa shape index (κ2) is 5.37. The van der Waals surface area contributed by atoms with Crippen LogP contribution in [0.3, 0.4) is 0 Å². The number of amides is 1. The maximum absolute atomic E-state index is 10.9. The summed E-state index contributed by atoms with van der Waals surface area (Å²) >= 11 is 0.